The molecule has 0 radical (unpaired) electrons. The van der Waals surface area contributed by atoms with Crippen molar-refractivity contribution in [3.8, 4) is 0 Å². The van der Waals surface area contributed by atoms with Gasteiger partial charge in [-0.3, -0.25) is 4.90 Å². The fourth-order valence-corrected chi connectivity index (χ4v) is 2.42. The van der Waals surface area contributed by atoms with Crippen LogP contribution in [0.1, 0.15) is 40.0 Å². The highest BCUT2D eigenvalue weighted by Crippen LogP contribution is 2.17. The Morgan fingerprint density at radius 2 is 1.69 bits per heavy atom. The highest BCUT2D eigenvalue weighted by Gasteiger charge is 2.17. The molecule has 1 saturated heterocycles. The first-order valence-electron chi connectivity index (χ1n) is 5.51. The van der Waals surface area contributed by atoms with Crippen molar-refractivity contribution in [3.05, 3.63) is 10.8 Å². The molecule has 0 bridgehead atoms. The first-order chi connectivity index (χ1) is 6.13. The summed E-state index contributed by atoms with van der Waals surface area (Å²) >= 11 is 0. The van der Waals surface area contributed by atoms with Crippen LogP contribution in [-0.2, 0) is 0 Å². The second kappa shape index (κ2) is 4.96. The smallest absolute Gasteiger partial charge is 0.0329 e. The van der Waals surface area contributed by atoms with Gasteiger partial charge in [0.1, 0.15) is 0 Å². The van der Waals surface area contributed by atoms with Gasteiger partial charge in [-0.25, -0.2) is 0 Å². The quantitative estimate of drug-likeness (QED) is 0.607. The molecule has 1 aliphatic heterocycles. The van der Waals surface area contributed by atoms with E-state index in [1.165, 1.54) is 42.6 Å². The second-order valence-corrected chi connectivity index (χ2v) is 5.96. The Morgan fingerprint density at radius 3 is 2.15 bits per heavy atom. The zero-order valence-electron chi connectivity index (χ0n) is 9.56. The first-order valence-corrected chi connectivity index (χ1v) is 6.51. The van der Waals surface area contributed by atoms with Crippen LogP contribution in [0.3, 0.4) is 0 Å². The van der Waals surface area contributed by atoms with E-state index in [4.69, 9.17) is 0 Å². The Kier molecular flexibility index (Phi) is 4.20. The number of hydrogen-bond donors (Lipinski definition) is 0. The summed E-state index contributed by atoms with van der Waals surface area (Å²) in [5.74, 6) is 0. The number of rotatable bonds is 2. The van der Waals surface area contributed by atoms with Crippen LogP contribution in [0, 0.1) is 0 Å². The van der Waals surface area contributed by atoms with Gasteiger partial charge in [-0.05, 0) is 46.7 Å². The number of nitrogens with zero attached hydrogens (tertiary/aromatic N) is 1. The molecule has 0 amide bonds. The van der Waals surface area contributed by atoms with Crippen LogP contribution in [0.25, 0.3) is 0 Å². The number of likely N-dealkylation sites (tertiary alicyclic amines) is 1. The van der Waals surface area contributed by atoms with E-state index in [1.54, 1.807) is 10.8 Å². The summed E-state index contributed by atoms with van der Waals surface area (Å²) < 4.78 is 0. The lowest BCUT2D eigenvalue weighted by Crippen LogP contribution is -2.38. The predicted octanol–water partition coefficient (Wildman–Crippen LogP) is 1.52. The van der Waals surface area contributed by atoms with Crippen molar-refractivity contribution in [2.24, 2.45) is 0 Å². The van der Waals surface area contributed by atoms with E-state index in [1.807, 2.05) is 0 Å². The summed E-state index contributed by atoms with van der Waals surface area (Å²) in [5.41, 5.74) is 1.62. The van der Waals surface area contributed by atoms with E-state index in [2.05, 4.69) is 25.7 Å². The SMILES string of the molecule is CC([SiH3])=C(C)C(C)N1CCCCC1. The molecule has 1 nitrogen and oxygen atoms in total. The Balaban J connectivity index is 2.55. The van der Waals surface area contributed by atoms with Crippen molar-refractivity contribution in [1.82, 2.24) is 4.90 Å². The van der Waals surface area contributed by atoms with E-state index in [-0.39, 0.29) is 0 Å². The molecular formula is C11H23NSi. The molecule has 1 rings (SSSR count). The highest BCUT2D eigenvalue weighted by molar-refractivity contribution is 6.21. The summed E-state index contributed by atoms with van der Waals surface area (Å²) in [6.45, 7) is 9.58. The third-order valence-corrected chi connectivity index (χ3v) is 4.14. The highest BCUT2D eigenvalue weighted by atomic mass is 28.1. The van der Waals surface area contributed by atoms with Crippen LogP contribution in [0.5, 0.6) is 0 Å². The van der Waals surface area contributed by atoms with Gasteiger partial charge in [0.15, 0.2) is 0 Å². The molecule has 0 saturated carbocycles. The molecule has 0 N–H and O–H groups in total. The van der Waals surface area contributed by atoms with Crippen LogP contribution in [0.4, 0.5) is 0 Å². The Hall–Kier alpha value is -0.0831. The van der Waals surface area contributed by atoms with E-state index >= 15 is 0 Å². The van der Waals surface area contributed by atoms with Crippen LogP contribution in [-0.4, -0.2) is 34.3 Å². The van der Waals surface area contributed by atoms with Gasteiger partial charge < -0.3 is 0 Å². The van der Waals surface area contributed by atoms with Crippen LogP contribution in [0.2, 0.25) is 0 Å². The lowest BCUT2D eigenvalue weighted by molar-refractivity contribution is 0.194. The van der Waals surface area contributed by atoms with Crippen molar-refractivity contribution >= 4 is 10.2 Å². The monoisotopic (exact) mass is 197 g/mol. The number of piperidine rings is 1. The summed E-state index contributed by atoms with van der Waals surface area (Å²) in [4.78, 5) is 2.64. The molecule has 0 aromatic rings. The molecule has 1 unspecified atom stereocenters. The molecule has 1 heterocycles. The molecule has 1 aliphatic rings. The molecule has 2 heteroatoms. The van der Waals surface area contributed by atoms with E-state index < -0.39 is 0 Å². The first kappa shape index (κ1) is 11.0. The minimum atomic E-state index is 0.692. The van der Waals surface area contributed by atoms with Crippen LogP contribution < -0.4 is 0 Å². The summed E-state index contributed by atoms with van der Waals surface area (Å²) in [6.07, 6.45) is 4.24. The summed E-state index contributed by atoms with van der Waals surface area (Å²) in [6, 6.07) is 0.692. The lowest BCUT2D eigenvalue weighted by Gasteiger charge is -2.33. The van der Waals surface area contributed by atoms with Gasteiger partial charge >= 0.3 is 0 Å². The molecule has 0 aromatic carbocycles. The maximum Gasteiger partial charge on any atom is 0.0329 e. The van der Waals surface area contributed by atoms with Gasteiger partial charge in [0.05, 0.1) is 0 Å². The van der Waals surface area contributed by atoms with Gasteiger partial charge in [0.25, 0.3) is 0 Å². The normalized spacial score (nSPS) is 24.2. The van der Waals surface area contributed by atoms with Crippen molar-refractivity contribution in [2.75, 3.05) is 13.1 Å². The fourth-order valence-electron chi connectivity index (χ4n) is 2.00. The lowest BCUT2D eigenvalue weighted by atomic mass is 10.0. The average Bonchev–Trinajstić information content (AvgIpc) is 2.17. The molecule has 76 valence electrons. The van der Waals surface area contributed by atoms with Gasteiger partial charge in [0, 0.05) is 16.3 Å². The fraction of sp³-hybridized carbons (Fsp3) is 0.818. The van der Waals surface area contributed by atoms with E-state index in [0.717, 1.165) is 0 Å². The number of allylic oxidation sites excluding steroid dienone is 1. The zero-order chi connectivity index (χ0) is 9.84. The Labute approximate surface area is 85.6 Å². The van der Waals surface area contributed by atoms with Gasteiger partial charge in [-0.15, -0.1) is 0 Å². The Morgan fingerprint density at radius 1 is 1.15 bits per heavy atom. The van der Waals surface area contributed by atoms with E-state index in [9.17, 15) is 0 Å². The third-order valence-electron chi connectivity index (χ3n) is 3.35. The molecule has 0 aliphatic carbocycles. The molecule has 0 aromatic heterocycles. The average molecular weight is 197 g/mol. The van der Waals surface area contributed by atoms with Gasteiger partial charge in [0.2, 0.25) is 0 Å². The van der Waals surface area contributed by atoms with E-state index in [0.29, 0.717) is 6.04 Å². The zero-order valence-corrected chi connectivity index (χ0v) is 11.6. The summed E-state index contributed by atoms with van der Waals surface area (Å²) in [5, 5.41) is 1.62. The molecule has 1 atom stereocenters. The van der Waals surface area contributed by atoms with Crippen molar-refractivity contribution in [1.29, 1.82) is 0 Å². The van der Waals surface area contributed by atoms with Crippen molar-refractivity contribution in [2.45, 2.75) is 46.1 Å². The summed E-state index contributed by atoms with van der Waals surface area (Å²) in [7, 11) is 1.22. The Bertz CT molecular complexity index is 188. The van der Waals surface area contributed by atoms with Crippen LogP contribution in [0.15, 0.2) is 10.8 Å². The van der Waals surface area contributed by atoms with Crippen LogP contribution >= 0.6 is 0 Å². The van der Waals surface area contributed by atoms with Crippen molar-refractivity contribution in [3.63, 3.8) is 0 Å². The number of hydrogen-bond acceptors (Lipinski definition) is 1. The minimum absolute atomic E-state index is 0.692. The topological polar surface area (TPSA) is 3.24 Å². The van der Waals surface area contributed by atoms with Gasteiger partial charge in [-0.2, -0.15) is 0 Å². The molecule has 13 heavy (non-hydrogen) atoms. The second-order valence-electron chi connectivity index (χ2n) is 4.46. The minimum Gasteiger partial charge on any atom is -0.297 e. The predicted molar refractivity (Wildman–Crippen MR) is 63.2 cm³/mol. The maximum atomic E-state index is 2.64. The maximum absolute atomic E-state index is 2.64. The molecule has 0 spiro atoms. The van der Waals surface area contributed by atoms with Gasteiger partial charge in [-0.1, -0.05) is 17.2 Å². The molecule has 1 fully saturated rings. The largest absolute Gasteiger partial charge is 0.297 e. The van der Waals surface area contributed by atoms with Crippen molar-refractivity contribution < 1.29 is 0 Å². The third kappa shape index (κ3) is 2.95. The standard InChI is InChI=1S/C11H23NSi/c1-9(11(3)13)10(2)12-7-5-4-6-8-12/h10H,4-8H2,1-3,13H3. The molecular weight excluding hydrogens is 174 g/mol.